The van der Waals surface area contributed by atoms with Crippen LogP contribution in [0.15, 0.2) is 24.3 Å². The summed E-state index contributed by atoms with van der Waals surface area (Å²) in [6.07, 6.45) is 2.83. The Labute approximate surface area is 119 Å². The molecule has 0 bridgehead atoms. The summed E-state index contributed by atoms with van der Waals surface area (Å²) >= 11 is 0. The summed E-state index contributed by atoms with van der Waals surface area (Å²) < 4.78 is 0. The predicted octanol–water partition coefficient (Wildman–Crippen LogP) is 1.39. The Hall–Kier alpha value is -1.10. The number of benzene rings is 1. The highest BCUT2D eigenvalue weighted by atomic mass is 35.5. The molecular weight excluding hydrogens is 262 g/mol. The van der Waals surface area contributed by atoms with Crippen molar-refractivity contribution in [1.29, 1.82) is 0 Å². The number of hydrogen-bond acceptors (Lipinski definition) is 3. The smallest absolute Gasteiger partial charge is 0.241 e. The Balaban J connectivity index is 0.00000133. The van der Waals surface area contributed by atoms with E-state index in [-0.39, 0.29) is 30.4 Å². The number of fused-ring (bicyclic) bond motifs is 1. The van der Waals surface area contributed by atoms with E-state index in [2.05, 4.69) is 16.3 Å². The molecule has 19 heavy (non-hydrogen) atoms. The van der Waals surface area contributed by atoms with Gasteiger partial charge in [-0.05, 0) is 30.9 Å². The Morgan fingerprint density at radius 2 is 2.05 bits per heavy atom. The number of amides is 1. The van der Waals surface area contributed by atoms with Crippen molar-refractivity contribution in [3.63, 3.8) is 0 Å². The average molecular weight is 282 g/mol. The topological polar surface area (TPSA) is 58.4 Å². The maximum atomic E-state index is 12.3. The van der Waals surface area contributed by atoms with Crippen LogP contribution in [0, 0.1) is 0 Å². The molecule has 1 aromatic carbocycles. The predicted molar refractivity (Wildman–Crippen MR) is 78.6 cm³/mol. The molecule has 4 nitrogen and oxygen atoms in total. The van der Waals surface area contributed by atoms with Gasteiger partial charge in [-0.3, -0.25) is 9.69 Å². The van der Waals surface area contributed by atoms with Crippen LogP contribution in [0.25, 0.3) is 0 Å². The van der Waals surface area contributed by atoms with E-state index in [1.807, 2.05) is 18.2 Å². The van der Waals surface area contributed by atoms with Crippen molar-refractivity contribution in [2.24, 2.45) is 5.73 Å². The maximum Gasteiger partial charge on any atom is 0.241 e. The molecule has 2 aliphatic heterocycles. The maximum absolute atomic E-state index is 12.3. The first-order chi connectivity index (χ1) is 8.74. The molecule has 0 aliphatic carbocycles. The molecule has 1 aromatic rings. The molecule has 1 fully saturated rings. The number of hydrogen-bond donors (Lipinski definition) is 2. The molecule has 3 N–H and O–H groups in total. The largest absolute Gasteiger partial charge is 0.326 e. The summed E-state index contributed by atoms with van der Waals surface area (Å²) in [5, 5.41) is 3.04. The molecule has 2 unspecified atom stereocenters. The minimum absolute atomic E-state index is 0. The SMILES string of the molecule is Cl.NC1CCN(C2CCc3ccccc3NC2=O)C1. The summed E-state index contributed by atoms with van der Waals surface area (Å²) in [5.74, 6) is 0.119. The van der Waals surface area contributed by atoms with Gasteiger partial charge in [-0.15, -0.1) is 12.4 Å². The molecule has 5 heteroatoms. The van der Waals surface area contributed by atoms with Gasteiger partial charge in [-0.25, -0.2) is 0 Å². The third kappa shape index (κ3) is 2.91. The van der Waals surface area contributed by atoms with Crippen molar-refractivity contribution in [1.82, 2.24) is 4.90 Å². The van der Waals surface area contributed by atoms with Crippen LogP contribution in [-0.2, 0) is 11.2 Å². The number of nitrogens with two attached hydrogens (primary N) is 1. The first-order valence-corrected chi connectivity index (χ1v) is 6.62. The second-order valence-corrected chi connectivity index (χ2v) is 5.24. The Morgan fingerprint density at radius 3 is 2.79 bits per heavy atom. The van der Waals surface area contributed by atoms with Crippen LogP contribution in [0.5, 0.6) is 0 Å². The van der Waals surface area contributed by atoms with Crippen LogP contribution in [0.2, 0.25) is 0 Å². The molecule has 1 amide bonds. The number of carbonyl (C=O) groups is 1. The highest BCUT2D eigenvalue weighted by molar-refractivity contribution is 5.96. The normalized spacial score (nSPS) is 27.1. The minimum Gasteiger partial charge on any atom is -0.326 e. The lowest BCUT2D eigenvalue weighted by molar-refractivity contribution is -0.121. The van der Waals surface area contributed by atoms with E-state index in [4.69, 9.17) is 5.73 Å². The van der Waals surface area contributed by atoms with Gasteiger partial charge in [0.15, 0.2) is 0 Å². The van der Waals surface area contributed by atoms with Crippen molar-refractivity contribution in [3.05, 3.63) is 29.8 Å². The van der Waals surface area contributed by atoms with Gasteiger partial charge in [-0.2, -0.15) is 0 Å². The monoisotopic (exact) mass is 281 g/mol. The molecule has 3 rings (SSSR count). The van der Waals surface area contributed by atoms with Gasteiger partial charge in [0, 0.05) is 24.8 Å². The van der Waals surface area contributed by atoms with E-state index in [1.165, 1.54) is 5.56 Å². The number of nitrogens with one attached hydrogen (secondary N) is 1. The number of aryl methyl sites for hydroxylation is 1. The molecule has 2 heterocycles. The summed E-state index contributed by atoms with van der Waals surface area (Å²) in [6.45, 7) is 1.78. The fraction of sp³-hybridized carbons (Fsp3) is 0.500. The van der Waals surface area contributed by atoms with E-state index in [0.29, 0.717) is 0 Å². The van der Waals surface area contributed by atoms with Gasteiger partial charge in [0.2, 0.25) is 5.91 Å². The van der Waals surface area contributed by atoms with Crippen molar-refractivity contribution in [2.45, 2.75) is 31.3 Å². The summed E-state index contributed by atoms with van der Waals surface area (Å²) in [4.78, 5) is 14.5. The molecule has 0 spiro atoms. The van der Waals surface area contributed by atoms with E-state index in [9.17, 15) is 4.79 Å². The fourth-order valence-electron chi connectivity index (χ4n) is 2.95. The number of anilines is 1. The van der Waals surface area contributed by atoms with E-state index in [0.717, 1.165) is 38.0 Å². The third-order valence-corrected chi connectivity index (χ3v) is 3.96. The molecule has 2 aliphatic rings. The van der Waals surface area contributed by atoms with Crippen LogP contribution in [0.3, 0.4) is 0 Å². The first kappa shape index (κ1) is 14.3. The summed E-state index contributed by atoms with van der Waals surface area (Å²) in [6, 6.07) is 8.26. The Morgan fingerprint density at radius 1 is 1.26 bits per heavy atom. The third-order valence-electron chi connectivity index (χ3n) is 3.96. The van der Waals surface area contributed by atoms with E-state index >= 15 is 0 Å². The van der Waals surface area contributed by atoms with Crippen molar-refractivity contribution in [2.75, 3.05) is 18.4 Å². The highest BCUT2D eigenvalue weighted by Crippen LogP contribution is 2.25. The quantitative estimate of drug-likeness (QED) is 0.818. The van der Waals surface area contributed by atoms with Crippen LogP contribution < -0.4 is 11.1 Å². The minimum atomic E-state index is -0.0223. The van der Waals surface area contributed by atoms with Crippen LogP contribution >= 0.6 is 12.4 Å². The van der Waals surface area contributed by atoms with Gasteiger partial charge in [-0.1, -0.05) is 18.2 Å². The molecule has 104 valence electrons. The van der Waals surface area contributed by atoms with Crippen molar-refractivity contribution in [3.8, 4) is 0 Å². The number of nitrogens with zero attached hydrogens (tertiary/aromatic N) is 1. The number of carbonyl (C=O) groups excluding carboxylic acids is 1. The molecular formula is C14H20ClN3O. The fourth-order valence-corrected chi connectivity index (χ4v) is 2.95. The van der Waals surface area contributed by atoms with Gasteiger partial charge in [0.25, 0.3) is 0 Å². The molecule has 1 saturated heterocycles. The second-order valence-electron chi connectivity index (χ2n) is 5.24. The van der Waals surface area contributed by atoms with Crippen LogP contribution in [-0.4, -0.2) is 36.0 Å². The second kappa shape index (κ2) is 5.90. The van der Waals surface area contributed by atoms with Gasteiger partial charge in [0.05, 0.1) is 6.04 Å². The lowest BCUT2D eigenvalue weighted by atomic mass is 10.1. The number of halogens is 1. The zero-order chi connectivity index (χ0) is 12.5. The van der Waals surface area contributed by atoms with Crippen molar-refractivity contribution < 1.29 is 4.79 Å². The number of rotatable bonds is 1. The van der Waals surface area contributed by atoms with Crippen LogP contribution in [0.1, 0.15) is 18.4 Å². The highest BCUT2D eigenvalue weighted by Gasteiger charge is 2.32. The zero-order valence-corrected chi connectivity index (χ0v) is 11.7. The summed E-state index contributed by atoms with van der Waals surface area (Å²) in [7, 11) is 0. The lowest BCUT2D eigenvalue weighted by Crippen LogP contribution is -2.43. The van der Waals surface area contributed by atoms with E-state index in [1.54, 1.807) is 0 Å². The van der Waals surface area contributed by atoms with Crippen LogP contribution in [0.4, 0.5) is 5.69 Å². The molecule has 0 aromatic heterocycles. The summed E-state index contributed by atoms with van der Waals surface area (Å²) in [5.41, 5.74) is 8.13. The zero-order valence-electron chi connectivity index (χ0n) is 10.8. The first-order valence-electron chi connectivity index (χ1n) is 6.62. The standard InChI is InChI=1S/C14H19N3O.ClH/c15-11-7-8-17(9-11)13-6-5-10-3-1-2-4-12(10)16-14(13)18;/h1-4,11,13H,5-9,15H2,(H,16,18);1H. The van der Waals surface area contributed by atoms with Gasteiger partial charge >= 0.3 is 0 Å². The van der Waals surface area contributed by atoms with Gasteiger partial charge < -0.3 is 11.1 Å². The molecule has 0 radical (unpaired) electrons. The molecule has 0 saturated carbocycles. The Kier molecular flexibility index (Phi) is 4.45. The Bertz CT molecular complexity index is 466. The molecule has 2 atom stereocenters. The average Bonchev–Trinajstić information content (AvgIpc) is 2.70. The number of likely N-dealkylation sites (tertiary alicyclic amines) is 1. The van der Waals surface area contributed by atoms with Crippen molar-refractivity contribution >= 4 is 24.0 Å². The number of para-hydroxylation sites is 1. The van der Waals surface area contributed by atoms with E-state index < -0.39 is 0 Å². The van der Waals surface area contributed by atoms with Gasteiger partial charge in [0.1, 0.15) is 0 Å². The lowest BCUT2D eigenvalue weighted by Gasteiger charge is -2.24.